The highest BCUT2D eigenvalue weighted by atomic mass is 19.1. The summed E-state index contributed by atoms with van der Waals surface area (Å²) in [6.45, 7) is 1.39. The third kappa shape index (κ3) is 2.08. The van der Waals surface area contributed by atoms with Crippen molar-refractivity contribution < 1.29 is 23.8 Å². The molecular weight excluding hydrogens is 215 g/mol. The van der Waals surface area contributed by atoms with Crippen molar-refractivity contribution >= 4 is 5.97 Å². The summed E-state index contributed by atoms with van der Waals surface area (Å²) in [5, 5.41) is 8.88. The van der Waals surface area contributed by atoms with Crippen molar-refractivity contribution in [2.45, 2.75) is 12.8 Å². The van der Waals surface area contributed by atoms with Crippen molar-refractivity contribution in [3.8, 4) is 11.5 Å². The van der Waals surface area contributed by atoms with E-state index >= 15 is 0 Å². The molecule has 16 heavy (non-hydrogen) atoms. The summed E-state index contributed by atoms with van der Waals surface area (Å²) in [5.74, 6) is -2.30. The fourth-order valence-corrected chi connectivity index (χ4v) is 1.45. The molecule has 0 bridgehead atoms. The number of carboxylic acids is 1. The number of benzene rings is 1. The lowest BCUT2D eigenvalue weighted by atomic mass is 9.99. The highest BCUT2D eigenvalue weighted by Crippen LogP contribution is 2.37. The Morgan fingerprint density at radius 3 is 2.44 bits per heavy atom. The maximum Gasteiger partial charge on any atom is 0.310 e. The van der Waals surface area contributed by atoms with E-state index in [-0.39, 0.29) is 11.3 Å². The summed E-state index contributed by atoms with van der Waals surface area (Å²) in [6.07, 6.45) is 0. The van der Waals surface area contributed by atoms with Crippen molar-refractivity contribution in [1.82, 2.24) is 0 Å². The van der Waals surface area contributed by atoms with Crippen LogP contribution < -0.4 is 9.47 Å². The molecule has 0 heterocycles. The molecule has 0 radical (unpaired) electrons. The second kappa shape index (κ2) is 4.83. The van der Waals surface area contributed by atoms with Crippen LogP contribution in [0.1, 0.15) is 18.4 Å². The molecule has 0 spiro atoms. The van der Waals surface area contributed by atoms with E-state index in [1.807, 2.05) is 0 Å². The third-order valence-electron chi connectivity index (χ3n) is 2.33. The molecule has 1 aromatic rings. The Labute approximate surface area is 92.6 Å². The Hall–Kier alpha value is -1.78. The fourth-order valence-electron chi connectivity index (χ4n) is 1.45. The predicted molar refractivity (Wildman–Crippen MR) is 55.6 cm³/mol. The number of methoxy groups -OCH3 is 2. The average Bonchev–Trinajstić information content (AvgIpc) is 2.27. The zero-order valence-corrected chi connectivity index (χ0v) is 9.28. The summed E-state index contributed by atoms with van der Waals surface area (Å²) in [5.41, 5.74) is -0.00523. The molecule has 1 rings (SSSR count). The van der Waals surface area contributed by atoms with Gasteiger partial charge in [0.25, 0.3) is 0 Å². The number of aliphatic carboxylic acids is 1. The first kappa shape index (κ1) is 12.3. The Bertz CT molecular complexity index is 403. The van der Waals surface area contributed by atoms with Crippen LogP contribution in [0.4, 0.5) is 4.39 Å². The van der Waals surface area contributed by atoms with E-state index < -0.39 is 17.7 Å². The van der Waals surface area contributed by atoms with Crippen molar-refractivity contribution in [2.24, 2.45) is 0 Å². The van der Waals surface area contributed by atoms with Crippen molar-refractivity contribution in [2.75, 3.05) is 14.2 Å². The first-order valence-electron chi connectivity index (χ1n) is 4.66. The van der Waals surface area contributed by atoms with Gasteiger partial charge in [-0.25, -0.2) is 4.39 Å². The molecule has 0 saturated heterocycles. The van der Waals surface area contributed by atoms with Crippen molar-refractivity contribution in [3.05, 3.63) is 23.5 Å². The van der Waals surface area contributed by atoms with Crippen LogP contribution in [-0.2, 0) is 4.79 Å². The summed E-state index contributed by atoms with van der Waals surface area (Å²) < 4.78 is 23.5. The maximum atomic E-state index is 13.6. The van der Waals surface area contributed by atoms with Crippen LogP contribution in [0.2, 0.25) is 0 Å². The van der Waals surface area contributed by atoms with Crippen LogP contribution in [-0.4, -0.2) is 25.3 Å². The number of carbonyl (C=O) groups is 1. The Morgan fingerprint density at radius 2 is 2.00 bits per heavy atom. The summed E-state index contributed by atoms with van der Waals surface area (Å²) in [6, 6.07) is 2.56. The number of hydrogen-bond donors (Lipinski definition) is 1. The standard InChI is InChI=1S/C11H13FO4/c1-6(11(13)14)9-7(12)4-5-8(15-2)10(9)16-3/h4-6H,1-3H3,(H,13,14). The van der Waals surface area contributed by atoms with Crippen LogP contribution in [0, 0.1) is 5.82 Å². The number of ether oxygens (including phenoxy) is 2. The lowest BCUT2D eigenvalue weighted by Crippen LogP contribution is -2.11. The van der Waals surface area contributed by atoms with Crippen LogP contribution in [0.15, 0.2) is 12.1 Å². The van der Waals surface area contributed by atoms with E-state index in [0.717, 1.165) is 6.07 Å². The molecule has 1 aromatic carbocycles. The smallest absolute Gasteiger partial charge is 0.310 e. The summed E-state index contributed by atoms with van der Waals surface area (Å²) >= 11 is 0. The molecule has 0 aliphatic rings. The minimum atomic E-state index is -1.12. The zero-order chi connectivity index (χ0) is 12.3. The fraction of sp³-hybridized carbons (Fsp3) is 0.364. The van der Waals surface area contributed by atoms with Gasteiger partial charge < -0.3 is 14.6 Å². The summed E-state index contributed by atoms with van der Waals surface area (Å²) in [7, 11) is 2.75. The second-order valence-corrected chi connectivity index (χ2v) is 3.26. The maximum absolute atomic E-state index is 13.6. The van der Waals surface area contributed by atoms with Crippen LogP contribution in [0.5, 0.6) is 11.5 Å². The molecule has 1 atom stereocenters. The van der Waals surface area contributed by atoms with Gasteiger partial charge in [-0.15, -0.1) is 0 Å². The number of rotatable bonds is 4. The Morgan fingerprint density at radius 1 is 1.38 bits per heavy atom. The van der Waals surface area contributed by atoms with E-state index in [0.29, 0.717) is 5.75 Å². The van der Waals surface area contributed by atoms with Gasteiger partial charge in [0.15, 0.2) is 11.5 Å². The number of hydrogen-bond acceptors (Lipinski definition) is 3. The molecule has 0 aliphatic heterocycles. The largest absolute Gasteiger partial charge is 0.493 e. The molecule has 0 fully saturated rings. The quantitative estimate of drug-likeness (QED) is 0.856. The SMILES string of the molecule is COc1ccc(F)c(C(C)C(=O)O)c1OC. The van der Waals surface area contributed by atoms with Gasteiger partial charge in [-0.1, -0.05) is 0 Å². The normalized spacial score (nSPS) is 12.0. The van der Waals surface area contributed by atoms with Gasteiger partial charge in [-0.2, -0.15) is 0 Å². The zero-order valence-electron chi connectivity index (χ0n) is 9.28. The van der Waals surface area contributed by atoms with Gasteiger partial charge in [0.2, 0.25) is 0 Å². The monoisotopic (exact) mass is 228 g/mol. The molecule has 1 unspecified atom stereocenters. The van der Waals surface area contributed by atoms with E-state index in [9.17, 15) is 9.18 Å². The van der Waals surface area contributed by atoms with E-state index in [1.165, 1.54) is 27.2 Å². The van der Waals surface area contributed by atoms with Crippen LogP contribution in [0.3, 0.4) is 0 Å². The first-order chi connectivity index (χ1) is 7.52. The van der Waals surface area contributed by atoms with E-state index in [1.54, 1.807) is 0 Å². The molecule has 88 valence electrons. The lowest BCUT2D eigenvalue weighted by Gasteiger charge is -2.15. The van der Waals surface area contributed by atoms with Gasteiger partial charge in [-0.05, 0) is 19.1 Å². The van der Waals surface area contributed by atoms with Gasteiger partial charge >= 0.3 is 5.97 Å². The van der Waals surface area contributed by atoms with Gasteiger partial charge in [0.1, 0.15) is 5.82 Å². The van der Waals surface area contributed by atoms with Gasteiger partial charge in [0.05, 0.1) is 20.1 Å². The highest BCUT2D eigenvalue weighted by Gasteiger charge is 2.25. The van der Waals surface area contributed by atoms with Crippen molar-refractivity contribution in [3.63, 3.8) is 0 Å². The Kier molecular flexibility index (Phi) is 3.71. The Balaban J connectivity index is 3.39. The molecule has 0 amide bonds. The lowest BCUT2D eigenvalue weighted by molar-refractivity contribution is -0.138. The molecular formula is C11H13FO4. The molecule has 0 aromatic heterocycles. The molecule has 5 heteroatoms. The van der Waals surface area contributed by atoms with Crippen molar-refractivity contribution in [1.29, 1.82) is 0 Å². The average molecular weight is 228 g/mol. The number of halogens is 1. The second-order valence-electron chi connectivity index (χ2n) is 3.26. The molecule has 0 saturated carbocycles. The number of carboxylic acid groups (broad SMARTS) is 1. The highest BCUT2D eigenvalue weighted by molar-refractivity contribution is 5.77. The van der Waals surface area contributed by atoms with Gasteiger partial charge in [0, 0.05) is 5.56 Å². The van der Waals surface area contributed by atoms with Gasteiger partial charge in [-0.3, -0.25) is 4.79 Å². The van der Waals surface area contributed by atoms with Crippen LogP contribution >= 0.6 is 0 Å². The summed E-state index contributed by atoms with van der Waals surface area (Å²) in [4.78, 5) is 10.9. The third-order valence-corrected chi connectivity index (χ3v) is 2.33. The topological polar surface area (TPSA) is 55.8 Å². The molecule has 1 N–H and O–H groups in total. The predicted octanol–water partition coefficient (Wildman–Crippen LogP) is 2.03. The molecule has 4 nitrogen and oxygen atoms in total. The van der Waals surface area contributed by atoms with E-state index in [4.69, 9.17) is 14.6 Å². The minimum Gasteiger partial charge on any atom is -0.493 e. The molecule has 0 aliphatic carbocycles. The minimum absolute atomic E-state index is 0.00523. The first-order valence-corrected chi connectivity index (χ1v) is 4.66. The van der Waals surface area contributed by atoms with E-state index in [2.05, 4.69) is 0 Å². The van der Waals surface area contributed by atoms with Crippen LogP contribution in [0.25, 0.3) is 0 Å².